The van der Waals surface area contributed by atoms with E-state index in [2.05, 4.69) is 57.4 Å². The van der Waals surface area contributed by atoms with Crippen LogP contribution in [0.1, 0.15) is 26.3 Å². The quantitative estimate of drug-likeness (QED) is 0.150. The molecule has 3 heterocycles. The van der Waals surface area contributed by atoms with Crippen LogP contribution in [0.5, 0.6) is 29.1 Å². The van der Waals surface area contributed by atoms with Crippen molar-refractivity contribution in [3.63, 3.8) is 0 Å². The van der Waals surface area contributed by atoms with Crippen LogP contribution in [-0.4, -0.2) is 53.7 Å². The van der Waals surface area contributed by atoms with Crippen molar-refractivity contribution in [1.82, 2.24) is 24.9 Å². The number of anilines is 1. The Labute approximate surface area is 287 Å². The van der Waals surface area contributed by atoms with Crippen LogP contribution in [0.2, 0.25) is 0 Å². The summed E-state index contributed by atoms with van der Waals surface area (Å²) in [6, 6.07) is 17.1. The number of hydrogen-bond acceptors (Lipinski definition) is 11. The Bertz CT molecular complexity index is 2030. The fourth-order valence-corrected chi connectivity index (χ4v) is 5.34. The van der Waals surface area contributed by atoms with Gasteiger partial charge in [0.25, 0.3) is 15.9 Å². The van der Waals surface area contributed by atoms with E-state index in [1.807, 2.05) is 20.8 Å². The summed E-state index contributed by atoms with van der Waals surface area (Å²) >= 11 is 3.27. The van der Waals surface area contributed by atoms with Crippen LogP contribution >= 0.6 is 15.9 Å². The molecule has 5 aromatic rings. The number of aromatic nitrogens is 5. The molecule has 48 heavy (non-hydrogen) atoms. The van der Waals surface area contributed by atoms with Crippen molar-refractivity contribution >= 4 is 31.8 Å². The Hall–Kier alpha value is -5.26. The van der Waals surface area contributed by atoms with Crippen LogP contribution in [0.3, 0.4) is 0 Å². The minimum absolute atomic E-state index is 0.000651. The lowest BCUT2D eigenvalue weighted by Gasteiger charge is -2.20. The van der Waals surface area contributed by atoms with Gasteiger partial charge in [0.1, 0.15) is 0 Å². The van der Waals surface area contributed by atoms with Gasteiger partial charge in [-0.15, -0.1) is 0 Å². The van der Waals surface area contributed by atoms with E-state index in [1.54, 1.807) is 85.5 Å². The van der Waals surface area contributed by atoms with Crippen molar-refractivity contribution in [2.45, 2.75) is 31.1 Å². The second-order valence-corrected chi connectivity index (χ2v) is 13.6. The number of methoxy groups -OCH3 is 1. The first-order chi connectivity index (χ1) is 23.0. The first-order valence-electron chi connectivity index (χ1n) is 14.5. The van der Waals surface area contributed by atoms with Crippen molar-refractivity contribution in [1.29, 1.82) is 0 Å². The number of rotatable bonds is 11. The van der Waals surface area contributed by atoms with Gasteiger partial charge < -0.3 is 18.9 Å². The van der Waals surface area contributed by atoms with Gasteiger partial charge in [-0.3, -0.25) is 9.71 Å². The zero-order valence-electron chi connectivity index (χ0n) is 26.5. The number of ether oxygens (including phenoxy) is 4. The molecule has 0 saturated carbocycles. The van der Waals surface area contributed by atoms with Crippen LogP contribution in [0.15, 0.2) is 94.8 Å². The van der Waals surface area contributed by atoms with Crippen molar-refractivity contribution in [2.24, 2.45) is 0 Å². The number of pyridine rings is 1. The third-order valence-corrected chi connectivity index (χ3v) is 8.36. The molecule has 14 heteroatoms. The maximum atomic E-state index is 13.8. The third kappa shape index (κ3) is 8.75. The number of halogens is 1. The molecular weight excluding hydrogens is 700 g/mol. The molecular formula is C34H31BrN6O6S. The number of hydrogen-bond donors (Lipinski definition) is 1. The summed E-state index contributed by atoms with van der Waals surface area (Å²) in [5.41, 5.74) is 1.38. The van der Waals surface area contributed by atoms with Crippen LogP contribution in [0.4, 0.5) is 5.82 Å². The second-order valence-electron chi connectivity index (χ2n) is 11.0. The molecule has 0 unspecified atom stereocenters. The normalized spacial score (nSPS) is 11.2. The average molecular weight is 732 g/mol. The van der Waals surface area contributed by atoms with E-state index in [0.29, 0.717) is 11.3 Å². The Morgan fingerprint density at radius 3 is 2.15 bits per heavy atom. The molecule has 246 valence electrons. The number of para-hydroxylation sites is 2. The van der Waals surface area contributed by atoms with Crippen molar-refractivity contribution < 1.29 is 27.4 Å². The lowest BCUT2D eigenvalue weighted by Crippen LogP contribution is -2.17. The summed E-state index contributed by atoms with van der Waals surface area (Å²) in [5, 5.41) is 0. The van der Waals surface area contributed by atoms with E-state index >= 15 is 0 Å². The molecule has 3 aromatic heterocycles. The maximum Gasteiger partial charge on any atom is 0.317 e. The first kappa shape index (κ1) is 34.1. The summed E-state index contributed by atoms with van der Waals surface area (Å²) in [6.45, 7) is 6.00. The number of benzene rings is 2. The van der Waals surface area contributed by atoms with Crippen molar-refractivity contribution in [2.75, 3.05) is 25.0 Å². The number of sulfonamides is 1. The predicted molar refractivity (Wildman–Crippen MR) is 183 cm³/mol. The maximum absolute atomic E-state index is 13.8. The highest BCUT2D eigenvalue weighted by Gasteiger charge is 2.26. The Balaban J connectivity index is 1.52. The van der Waals surface area contributed by atoms with Crippen LogP contribution in [-0.2, 0) is 15.4 Å². The molecule has 2 aromatic carbocycles. The topological polar surface area (TPSA) is 148 Å². The zero-order chi connectivity index (χ0) is 34.1. The Kier molecular flexibility index (Phi) is 10.7. The molecule has 0 fully saturated rings. The summed E-state index contributed by atoms with van der Waals surface area (Å²) in [7, 11) is -2.67. The molecule has 0 atom stereocenters. The molecule has 0 aliphatic rings. The van der Waals surface area contributed by atoms with Gasteiger partial charge in [0, 0.05) is 30.4 Å². The monoisotopic (exact) mass is 730 g/mol. The Morgan fingerprint density at radius 1 is 0.854 bits per heavy atom. The van der Waals surface area contributed by atoms with Gasteiger partial charge in [-0.05, 0) is 63.3 Å². The summed E-state index contributed by atoms with van der Waals surface area (Å²) in [6.07, 6.45) is 6.26. The molecule has 12 nitrogen and oxygen atoms in total. The molecule has 0 saturated heterocycles. The summed E-state index contributed by atoms with van der Waals surface area (Å²) < 4.78 is 54.0. The van der Waals surface area contributed by atoms with Gasteiger partial charge in [-0.1, -0.05) is 56.9 Å². The molecule has 0 bridgehead atoms. The smallest absolute Gasteiger partial charge is 0.317 e. The predicted octanol–water partition coefficient (Wildman–Crippen LogP) is 6.45. The summed E-state index contributed by atoms with van der Waals surface area (Å²) in [5.74, 6) is 6.15. The Morgan fingerprint density at radius 2 is 1.50 bits per heavy atom. The van der Waals surface area contributed by atoms with E-state index in [4.69, 9.17) is 18.9 Å². The lowest BCUT2D eigenvalue weighted by atomic mass is 9.87. The van der Waals surface area contributed by atoms with Gasteiger partial charge in [0.05, 0.1) is 16.5 Å². The molecule has 0 aliphatic carbocycles. The largest absolute Gasteiger partial charge is 0.493 e. The van der Waals surface area contributed by atoms with Crippen LogP contribution in [0.25, 0.3) is 11.4 Å². The zero-order valence-corrected chi connectivity index (χ0v) is 28.9. The number of nitrogens with one attached hydrogen (secondary N) is 1. The van der Waals surface area contributed by atoms with Crippen LogP contribution in [0, 0.1) is 11.8 Å². The second kappa shape index (κ2) is 15.1. The highest BCUT2D eigenvalue weighted by atomic mass is 79.9. The highest BCUT2D eigenvalue weighted by Crippen LogP contribution is 2.41. The standard InChI is InChI=1S/C34H31BrN6O6S/c1-34(2,3)24-11-13-26(14-12-24)48(42,43)41-31-29(47-28-10-6-5-9-27(28)44-4)32(40-30(39-31)23-15-17-36-18-16-23)45-19-7-8-20-46-33-37-21-25(35)22-38-33/h5-6,9-18,21-22H,19-20H2,1-4H3,(H,39,40,41). The third-order valence-electron chi connectivity index (χ3n) is 6.59. The van der Waals surface area contributed by atoms with Gasteiger partial charge in [-0.2, -0.15) is 4.98 Å². The van der Waals surface area contributed by atoms with E-state index in [1.165, 1.54) is 7.11 Å². The molecule has 5 rings (SSSR count). The molecule has 0 aliphatic heterocycles. The first-order valence-corrected chi connectivity index (χ1v) is 16.8. The van der Waals surface area contributed by atoms with Gasteiger partial charge >= 0.3 is 6.01 Å². The fraction of sp³-hybridized carbons (Fsp3) is 0.206. The number of nitrogens with zero attached hydrogens (tertiary/aromatic N) is 5. The minimum atomic E-state index is -4.16. The highest BCUT2D eigenvalue weighted by molar-refractivity contribution is 9.10. The SMILES string of the molecule is COc1ccccc1Oc1c(NS(=O)(=O)c2ccc(C(C)(C)C)cc2)nc(-c2ccncc2)nc1OCC#CCOc1ncc(Br)cn1. The van der Waals surface area contributed by atoms with E-state index in [0.717, 1.165) is 10.0 Å². The molecule has 1 N–H and O–H groups in total. The van der Waals surface area contributed by atoms with Crippen LogP contribution < -0.4 is 23.7 Å². The summed E-state index contributed by atoms with van der Waals surface area (Å²) in [4.78, 5) is 21.3. The van der Waals surface area contributed by atoms with Crippen molar-refractivity contribution in [3.8, 4) is 52.4 Å². The van der Waals surface area contributed by atoms with E-state index in [-0.39, 0.29) is 58.6 Å². The van der Waals surface area contributed by atoms with Gasteiger partial charge in [0.15, 0.2) is 36.4 Å². The van der Waals surface area contributed by atoms with Gasteiger partial charge in [-0.25, -0.2) is 23.4 Å². The van der Waals surface area contributed by atoms with Gasteiger partial charge in [0.2, 0.25) is 5.75 Å². The lowest BCUT2D eigenvalue weighted by molar-refractivity contribution is 0.322. The average Bonchev–Trinajstić information content (AvgIpc) is 3.08. The van der Waals surface area contributed by atoms with Crippen molar-refractivity contribution in [3.05, 3.63) is 95.5 Å². The van der Waals surface area contributed by atoms with E-state index < -0.39 is 10.0 Å². The molecule has 0 amide bonds. The molecule has 0 radical (unpaired) electrons. The fourth-order valence-electron chi connectivity index (χ4n) is 4.13. The molecule has 0 spiro atoms. The minimum Gasteiger partial charge on any atom is -0.493 e. The van der Waals surface area contributed by atoms with E-state index in [9.17, 15) is 8.42 Å².